The van der Waals surface area contributed by atoms with Crippen molar-refractivity contribution in [3.8, 4) is 0 Å². The standard InChI is InChI=1S/C7H10F3NO2/c8-7(9,10)5-1-2-11-3-4(5)6(12)13/h4-5,11H,1-3H2,(H,12,13)/t4-,5-/m1/s1. The van der Waals surface area contributed by atoms with E-state index in [1.165, 1.54) is 0 Å². The van der Waals surface area contributed by atoms with Crippen molar-refractivity contribution in [3.63, 3.8) is 0 Å². The van der Waals surface area contributed by atoms with E-state index in [1.54, 1.807) is 0 Å². The maximum Gasteiger partial charge on any atom is 0.392 e. The van der Waals surface area contributed by atoms with Crippen LogP contribution in [0.5, 0.6) is 0 Å². The van der Waals surface area contributed by atoms with Crippen molar-refractivity contribution in [2.45, 2.75) is 12.6 Å². The summed E-state index contributed by atoms with van der Waals surface area (Å²) in [6.45, 7) is 0.132. The predicted molar refractivity (Wildman–Crippen MR) is 38.2 cm³/mol. The number of aliphatic carboxylic acids is 1. The summed E-state index contributed by atoms with van der Waals surface area (Å²) in [5, 5.41) is 11.2. The van der Waals surface area contributed by atoms with Gasteiger partial charge in [0, 0.05) is 6.54 Å². The summed E-state index contributed by atoms with van der Waals surface area (Å²) in [5.41, 5.74) is 0. The highest BCUT2D eigenvalue weighted by molar-refractivity contribution is 5.71. The van der Waals surface area contributed by atoms with Gasteiger partial charge in [0.25, 0.3) is 0 Å². The number of rotatable bonds is 1. The van der Waals surface area contributed by atoms with Crippen LogP contribution >= 0.6 is 0 Å². The molecule has 1 heterocycles. The van der Waals surface area contributed by atoms with Crippen molar-refractivity contribution < 1.29 is 23.1 Å². The summed E-state index contributed by atoms with van der Waals surface area (Å²) >= 11 is 0. The minimum absolute atomic E-state index is 0.0977. The van der Waals surface area contributed by atoms with Gasteiger partial charge in [-0.05, 0) is 13.0 Å². The molecule has 0 bridgehead atoms. The predicted octanol–water partition coefficient (Wildman–Crippen LogP) is 0.859. The van der Waals surface area contributed by atoms with Crippen LogP contribution in [-0.2, 0) is 4.79 Å². The van der Waals surface area contributed by atoms with Crippen molar-refractivity contribution in [2.24, 2.45) is 11.8 Å². The molecule has 0 radical (unpaired) electrons. The molecule has 3 nitrogen and oxygen atoms in total. The van der Waals surface area contributed by atoms with Gasteiger partial charge in [0.2, 0.25) is 0 Å². The van der Waals surface area contributed by atoms with Gasteiger partial charge in [-0.3, -0.25) is 4.79 Å². The van der Waals surface area contributed by atoms with Crippen LogP contribution < -0.4 is 5.32 Å². The van der Waals surface area contributed by atoms with Crippen molar-refractivity contribution in [1.29, 1.82) is 0 Å². The van der Waals surface area contributed by atoms with E-state index >= 15 is 0 Å². The van der Waals surface area contributed by atoms with Gasteiger partial charge in [0.1, 0.15) is 0 Å². The van der Waals surface area contributed by atoms with Gasteiger partial charge in [-0.25, -0.2) is 0 Å². The topological polar surface area (TPSA) is 49.3 Å². The molecular weight excluding hydrogens is 187 g/mol. The summed E-state index contributed by atoms with van der Waals surface area (Å²) < 4.78 is 36.8. The van der Waals surface area contributed by atoms with Gasteiger partial charge in [-0.1, -0.05) is 0 Å². The Morgan fingerprint density at radius 1 is 1.46 bits per heavy atom. The molecule has 0 saturated carbocycles. The van der Waals surface area contributed by atoms with Crippen molar-refractivity contribution in [2.75, 3.05) is 13.1 Å². The number of hydrogen-bond donors (Lipinski definition) is 2. The Kier molecular flexibility index (Phi) is 2.80. The van der Waals surface area contributed by atoms with Crippen LogP contribution in [0.3, 0.4) is 0 Å². The van der Waals surface area contributed by atoms with Crippen LogP contribution in [0, 0.1) is 11.8 Å². The molecule has 2 N–H and O–H groups in total. The molecule has 0 amide bonds. The fourth-order valence-corrected chi connectivity index (χ4v) is 1.51. The normalized spacial score (nSPS) is 30.1. The molecule has 1 fully saturated rings. The highest BCUT2D eigenvalue weighted by Gasteiger charge is 2.48. The molecule has 6 heteroatoms. The van der Waals surface area contributed by atoms with Gasteiger partial charge in [0.05, 0.1) is 11.8 Å². The second-order valence-corrected chi connectivity index (χ2v) is 3.09. The Morgan fingerprint density at radius 3 is 2.46 bits per heavy atom. The van der Waals surface area contributed by atoms with E-state index in [0.29, 0.717) is 0 Å². The molecule has 0 aromatic heterocycles. The second kappa shape index (κ2) is 3.53. The Hall–Kier alpha value is -0.780. The van der Waals surface area contributed by atoms with E-state index in [-0.39, 0.29) is 19.5 Å². The molecule has 1 rings (SSSR count). The Labute approximate surface area is 72.9 Å². The third-order valence-electron chi connectivity index (χ3n) is 2.22. The molecule has 1 saturated heterocycles. The smallest absolute Gasteiger partial charge is 0.392 e. The average molecular weight is 197 g/mol. The first kappa shape index (κ1) is 10.3. The Balaban J connectivity index is 2.73. The van der Waals surface area contributed by atoms with Gasteiger partial charge in [-0.15, -0.1) is 0 Å². The molecule has 0 unspecified atom stereocenters. The minimum atomic E-state index is -4.40. The SMILES string of the molecule is O=C(O)[C@@H]1CNCC[C@H]1C(F)(F)F. The number of carboxylic acid groups (broad SMARTS) is 1. The van der Waals surface area contributed by atoms with Gasteiger partial charge in [0.15, 0.2) is 0 Å². The highest BCUT2D eigenvalue weighted by Crippen LogP contribution is 2.35. The first-order chi connectivity index (χ1) is 5.93. The first-order valence-electron chi connectivity index (χ1n) is 3.93. The molecule has 13 heavy (non-hydrogen) atoms. The van der Waals surface area contributed by atoms with Crippen molar-refractivity contribution >= 4 is 5.97 Å². The van der Waals surface area contributed by atoms with E-state index in [1.807, 2.05) is 0 Å². The number of piperidine rings is 1. The number of carbonyl (C=O) groups is 1. The number of nitrogens with one attached hydrogen (secondary N) is 1. The molecule has 0 aromatic carbocycles. The number of alkyl halides is 3. The van der Waals surface area contributed by atoms with Crippen LogP contribution in [0.25, 0.3) is 0 Å². The van der Waals surface area contributed by atoms with Gasteiger partial charge < -0.3 is 10.4 Å². The minimum Gasteiger partial charge on any atom is -0.481 e. The zero-order valence-electron chi connectivity index (χ0n) is 6.77. The Morgan fingerprint density at radius 2 is 2.08 bits per heavy atom. The molecule has 0 spiro atoms. The maximum absolute atomic E-state index is 12.3. The van der Waals surface area contributed by atoms with Crippen molar-refractivity contribution in [3.05, 3.63) is 0 Å². The molecule has 76 valence electrons. The molecule has 2 atom stereocenters. The largest absolute Gasteiger partial charge is 0.481 e. The molecule has 0 aliphatic carbocycles. The lowest BCUT2D eigenvalue weighted by Gasteiger charge is -2.30. The fraction of sp³-hybridized carbons (Fsp3) is 0.857. The zero-order valence-corrected chi connectivity index (χ0v) is 6.77. The number of hydrogen-bond acceptors (Lipinski definition) is 2. The number of carboxylic acids is 1. The maximum atomic E-state index is 12.3. The van der Waals surface area contributed by atoms with E-state index in [2.05, 4.69) is 5.32 Å². The molecule has 1 aliphatic heterocycles. The molecule has 0 aromatic rings. The van der Waals surface area contributed by atoms with Crippen LogP contribution in [0.1, 0.15) is 6.42 Å². The monoisotopic (exact) mass is 197 g/mol. The summed E-state index contributed by atoms with van der Waals surface area (Å²) in [6, 6.07) is 0. The second-order valence-electron chi connectivity index (χ2n) is 3.09. The third kappa shape index (κ3) is 2.33. The summed E-state index contributed by atoms with van der Waals surface area (Å²) in [7, 11) is 0. The third-order valence-corrected chi connectivity index (χ3v) is 2.22. The van der Waals surface area contributed by atoms with E-state index < -0.39 is 24.0 Å². The van der Waals surface area contributed by atoms with Crippen LogP contribution in [0.2, 0.25) is 0 Å². The summed E-state index contributed by atoms with van der Waals surface area (Å²) in [4.78, 5) is 10.5. The van der Waals surface area contributed by atoms with Crippen LogP contribution in [0.4, 0.5) is 13.2 Å². The lowest BCUT2D eigenvalue weighted by Crippen LogP contribution is -2.46. The van der Waals surface area contributed by atoms with E-state index in [4.69, 9.17) is 5.11 Å². The zero-order chi connectivity index (χ0) is 10.1. The fourth-order valence-electron chi connectivity index (χ4n) is 1.51. The molecule has 1 aliphatic rings. The lowest BCUT2D eigenvalue weighted by atomic mass is 9.86. The van der Waals surface area contributed by atoms with E-state index in [9.17, 15) is 18.0 Å². The summed E-state index contributed by atoms with van der Waals surface area (Å²) in [5.74, 6) is -4.42. The summed E-state index contributed by atoms with van der Waals surface area (Å²) in [6.07, 6.45) is -4.55. The van der Waals surface area contributed by atoms with Gasteiger partial charge in [-0.2, -0.15) is 13.2 Å². The first-order valence-corrected chi connectivity index (χ1v) is 3.93. The van der Waals surface area contributed by atoms with Crippen molar-refractivity contribution in [1.82, 2.24) is 5.32 Å². The molecular formula is C7H10F3NO2. The highest BCUT2D eigenvalue weighted by atomic mass is 19.4. The Bertz CT molecular complexity index is 204. The van der Waals surface area contributed by atoms with Crippen LogP contribution in [0.15, 0.2) is 0 Å². The van der Waals surface area contributed by atoms with Crippen LogP contribution in [-0.4, -0.2) is 30.3 Å². The quantitative estimate of drug-likeness (QED) is 0.655. The van der Waals surface area contributed by atoms with Gasteiger partial charge >= 0.3 is 12.1 Å². The number of halogens is 3. The lowest BCUT2D eigenvalue weighted by molar-refractivity contribution is -0.201. The van der Waals surface area contributed by atoms with E-state index in [0.717, 1.165) is 0 Å². The average Bonchev–Trinajstić information content (AvgIpc) is 2.03.